The summed E-state index contributed by atoms with van der Waals surface area (Å²) in [6.45, 7) is 8.61. The van der Waals surface area contributed by atoms with Gasteiger partial charge >= 0.3 is 6.09 Å². The molecule has 0 rings (SSSR count). The summed E-state index contributed by atoms with van der Waals surface area (Å²) in [4.78, 5) is 12.5. The number of hydrogen-bond donors (Lipinski definition) is 2. The minimum atomic E-state index is -1.06. The number of aliphatic hydroxyl groups is 2. The predicted octanol–water partition coefficient (Wildman–Crippen LogP) is 0.513. The minimum Gasteiger partial charge on any atom is -0.445 e. The molecule has 104 valence electrons. The van der Waals surface area contributed by atoms with Crippen LogP contribution in [-0.4, -0.2) is 59.9 Å². The molecule has 0 fully saturated rings. The quantitative estimate of drug-likeness (QED) is 0.358. The van der Waals surface area contributed by atoms with Gasteiger partial charge in [0, 0.05) is 0 Å². The summed E-state index contributed by atoms with van der Waals surface area (Å²) in [5.41, 5.74) is 0. The number of aliphatic hydroxyl groups excluding tert-OH is 2. The van der Waals surface area contributed by atoms with Crippen molar-refractivity contribution in [3.8, 4) is 0 Å². The number of ether oxygens (including phenoxy) is 2. The molecule has 2 unspecified atom stereocenters. The molecule has 1 amide bonds. The lowest BCUT2D eigenvalue weighted by atomic mass is 10.3. The van der Waals surface area contributed by atoms with Gasteiger partial charge in [0.2, 0.25) is 0 Å². The second-order valence-electron chi connectivity index (χ2n) is 3.63. The molecule has 0 spiro atoms. The van der Waals surface area contributed by atoms with Crippen LogP contribution in [0.25, 0.3) is 0 Å². The van der Waals surface area contributed by atoms with Crippen molar-refractivity contribution in [2.45, 2.75) is 19.3 Å². The molecule has 0 saturated carbocycles. The van der Waals surface area contributed by atoms with E-state index in [0.29, 0.717) is 6.61 Å². The van der Waals surface area contributed by atoms with Gasteiger partial charge in [-0.3, -0.25) is 4.90 Å². The van der Waals surface area contributed by atoms with Crippen LogP contribution in [-0.2, 0) is 9.47 Å². The Kier molecular flexibility index (Phi) is 8.91. The van der Waals surface area contributed by atoms with Crippen molar-refractivity contribution in [3.63, 3.8) is 0 Å². The number of carbonyl (C=O) groups is 1. The van der Waals surface area contributed by atoms with E-state index in [-0.39, 0.29) is 19.8 Å². The van der Waals surface area contributed by atoms with Gasteiger partial charge in [-0.25, -0.2) is 4.79 Å². The van der Waals surface area contributed by atoms with E-state index in [1.54, 1.807) is 6.08 Å². The van der Waals surface area contributed by atoms with Crippen LogP contribution in [0.15, 0.2) is 25.3 Å². The molecule has 6 nitrogen and oxygen atoms in total. The Labute approximate surface area is 107 Å². The van der Waals surface area contributed by atoms with E-state index in [2.05, 4.69) is 13.2 Å². The van der Waals surface area contributed by atoms with Crippen LogP contribution < -0.4 is 0 Å². The summed E-state index contributed by atoms with van der Waals surface area (Å²) in [6.07, 6.45) is 0.291. The monoisotopic (exact) mass is 259 g/mol. The standard InChI is InChI=1S/C12H21NO5/c1-4-6-17-9-11(15)8-13(10(3)14)12(16)18-7-5-2/h4-5,10-11,14-15H,1-2,6-9H2,3H3. The molecule has 0 saturated heterocycles. The first kappa shape index (κ1) is 16.6. The highest BCUT2D eigenvalue weighted by atomic mass is 16.6. The summed E-state index contributed by atoms with van der Waals surface area (Å²) in [7, 11) is 0. The van der Waals surface area contributed by atoms with E-state index in [9.17, 15) is 15.0 Å². The molecule has 6 heteroatoms. The van der Waals surface area contributed by atoms with Crippen molar-refractivity contribution in [2.24, 2.45) is 0 Å². The molecule has 0 aliphatic carbocycles. The third kappa shape index (κ3) is 7.05. The highest BCUT2D eigenvalue weighted by Crippen LogP contribution is 2.02. The largest absolute Gasteiger partial charge is 0.445 e. The molecule has 18 heavy (non-hydrogen) atoms. The number of amides is 1. The molecule has 0 aromatic carbocycles. The molecule has 2 N–H and O–H groups in total. The van der Waals surface area contributed by atoms with E-state index in [1.807, 2.05) is 0 Å². The molecular weight excluding hydrogens is 238 g/mol. The lowest BCUT2D eigenvalue weighted by molar-refractivity contribution is -0.0276. The zero-order chi connectivity index (χ0) is 14.0. The van der Waals surface area contributed by atoms with Crippen LogP contribution in [0.1, 0.15) is 6.92 Å². The van der Waals surface area contributed by atoms with E-state index in [1.165, 1.54) is 13.0 Å². The maximum absolute atomic E-state index is 11.5. The first-order valence-electron chi connectivity index (χ1n) is 5.62. The van der Waals surface area contributed by atoms with Gasteiger partial charge < -0.3 is 19.7 Å². The van der Waals surface area contributed by atoms with Gasteiger partial charge in [-0.2, -0.15) is 0 Å². The van der Waals surface area contributed by atoms with Crippen LogP contribution in [0.4, 0.5) is 4.79 Å². The number of rotatable bonds is 9. The number of nitrogens with zero attached hydrogens (tertiary/aromatic N) is 1. The van der Waals surface area contributed by atoms with Crippen LogP contribution >= 0.6 is 0 Å². The topological polar surface area (TPSA) is 79.2 Å². The van der Waals surface area contributed by atoms with Gasteiger partial charge in [0.15, 0.2) is 0 Å². The summed E-state index contributed by atoms with van der Waals surface area (Å²) in [6, 6.07) is 0. The lowest BCUT2D eigenvalue weighted by Gasteiger charge is -2.26. The van der Waals surface area contributed by atoms with Crippen LogP contribution in [0.3, 0.4) is 0 Å². The van der Waals surface area contributed by atoms with Crippen molar-refractivity contribution < 1.29 is 24.5 Å². The lowest BCUT2D eigenvalue weighted by Crippen LogP contribution is -2.44. The summed E-state index contributed by atoms with van der Waals surface area (Å²) >= 11 is 0. The van der Waals surface area contributed by atoms with Crippen molar-refractivity contribution in [2.75, 3.05) is 26.4 Å². The Morgan fingerprint density at radius 2 is 1.94 bits per heavy atom. The Bertz CT molecular complexity index is 267. The van der Waals surface area contributed by atoms with Crippen molar-refractivity contribution in [1.29, 1.82) is 0 Å². The Morgan fingerprint density at radius 3 is 2.44 bits per heavy atom. The summed E-state index contributed by atoms with van der Waals surface area (Å²) < 4.78 is 9.82. The van der Waals surface area contributed by atoms with E-state index in [4.69, 9.17) is 9.47 Å². The zero-order valence-corrected chi connectivity index (χ0v) is 10.6. The number of hydrogen-bond acceptors (Lipinski definition) is 5. The zero-order valence-electron chi connectivity index (χ0n) is 10.6. The predicted molar refractivity (Wildman–Crippen MR) is 67.0 cm³/mol. The maximum atomic E-state index is 11.5. The average molecular weight is 259 g/mol. The normalized spacial score (nSPS) is 13.5. The van der Waals surface area contributed by atoms with Gasteiger partial charge in [0.05, 0.1) is 25.9 Å². The third-order valence-corrected chi connectivity index (χ3v) is 1.96. The van der Waals surface area contributed by atoms with Gasteiger partial charge in [0.1, 0.15) is 12.8 Å². The van der Waals surface area contributed by atoms with Crippen molar-refractivity contribution in [1.82, 2.24) is 4.90 Å². The van der Waals surface area contributed by atoms with E-state index < -0.39 is 18.4 Å². The SMILES string of the molecule is C=CCOCC(O)CN(C(=O)OCC=C)C(C)O. The first-order valence-corrected chi connectivity index (χ1v) is 5.62. The Morgan fingerprint density at radius 1 is 1.33 bits per heavy atom. The fraction of sp³-hybridized carbons (Fsp3) is 0.583. The van der Waals surface area contributed by atoms with Crippen molar-refractivity contribution >= 4 is 6.09 Å². The molecular formula is C12H21NO5. The molecule has 0 radical (unpaired) electrons. The summed E-state index contributed by atoms with van der Waals surface area (Å²) in [5.74, 6) is 0. The fourth-order valence-corrected chi connectivity index (χ4v) is 1.16. The van der Waals surface area contributed by atoms with Gasteiger partial charge in [0.25, 0.3) is 0 Å². The second kappa shape index (κ2) is 9.64. The van der Waals surface area contributed by atoms with Gasteiger partial charge in [-0.15, -0.1) is 6.58 Å². The minimum absolute atomic E-state index is 0.0456. The average Bonchev–Trinajstić information content (AvgIpc) is 2.33. The van der Waals surface area contributed by atoms with Crippen LogP contribution in [0, 0.1) is 0 Å². The first-order chi connectivity index (χ1) is 8.52. The van der Waals surface area contributed by atoms with E-state index >= 15 is 0 Å². The van der Waals surface area contributed by atoms with E-state index in [0.717, 1.165) is 4.90 Å². The highest BCUT2D eigenvalue weighted by molar-refractivity contribution is 5.67. The van der Waals surface area contributed by atoms with Gasteiger partial charge in [-0.1, -0.05) is 18.7 Å². The molecule has 0 bridgehead atoms. The maximum Gasteiger partial charge on any atom is 0.412 e. The molecule has 2 atom stereocenters. The Hall–Kier alpha value is -1.37. The third-order valence-electron chi connectivity index (χ3n) is 1.96. The van der Waals surface area contributed by atoms with Gasteiger partial charge in [-0.05, 0) is 6.92 Å². The Balaban J connectivity index is 4.20. The fourth-order valence-electron chi connectivity index (χ4n) is 1.16. The summed E-state index contributed by atoms with van der Waals surface area (Å²) in [5, 5.41) is 19.1. The molecule has 0 heterocycles. The molecule has 0 aliphatic heterocycles. The van der Waals surface area contributed by atoms with Crippen LogP contribution in [0.2, 0.25) is 0 Å². The molecule has 0 aromatic heterocycles. The van der Waals surface area contributed by atoms with Crippen LogP contribution in [0.5, 0.6) is 0 Å². The van der Waals surface area contributed by atoms with Crippen molar-refractivity contribution in [3.05, 3.63) is 25.3 Å². The molecule has 0 aliphatic rings. The number of carbonyl (C=O) groups excluding carboxylic acids is 1. The molecule has 0 aromatic rings. The smallest absolute Gasteiger partial charge is 0.412 e. The second-order valence-corrected chi connectivity index (χ2v) is 3.63. The highest BCUT2D eigenvalue weighted by Gasteiger charge is 2.22.